The molecule has 0 saturated heterocycles. The number of fused-ring (bicyclic) bond motifs is 1. The smallest absolute Gasteiger partial charge is 0.131 e. The second kappa shape index (κ2) is 5.73. The fraction of sp³-hybridized carbons (Fsp3) is 0.111. The third kappa shape index (κ3) is 2.56. The lowest BCUT2D eigenvalue weighted by molar-refractivity contribution is 0.221. The lowest BCUT2D eigenvalue weighted by Crippen LogP contribution is -2.04. The molecule has 1 atom stereocenters. The van der Waals surface area contributed by atoms with Gasteiger partial charge in [0.05, 0.1) is 0 Å². The number of aryl methyl sites for hydroxylation is 1. The van der Waals surface area contributed by atoms with Crippen molar-refractivity contribution in [1.29, 1.82) is 0 Å². The molecule has 1 nitrogen and oxygen atoms in total. The molecule has 1 unspecified atom stereocenters. The zero-order valence-corrected chi connectivity index (χ0v) is 13.6. The molecule has 0 aliphatic carbocycles. The highest BCUT2D eigenvalue weighted by molar-refractivity contribution is 14.1. The minimum absolute atomic E-state index is 0.263. The van der Waals surface area contributed by atoms with E-state index in [1.54, 1.807) is 18.2 Å². The molecule has 21 heavy (non-hydrogen) atoms. The van der Waals surface area contributed by atoms with Crippen LogP contribution in [0.2, 0.25) is 0 Å². The highest BCUT2D eigenvalue weighted by Crippen LogP contribution is 2.33. The normalized spacial score (nSPS) is 12.6. The minimum Gasteiger partial charge on any atom is -0.384 e. The molecule has 0 aliphatic rings. The Balaban J connectivity index is 2.21. The molecule has 3 aromatic carbocycles. The quantitative estimate of drug-likeness (QED) is 0.611. The summed E-state index contributed by atoms with van der Waals surface area (Å²) in [6.07, 6.45) is -0.762. The molecule has 0 fully saturated rings. The third-order valence-corrected chi connectivity index (χ3v) is 5.19. The van der Waals surface area contributed by atoms with E-state index < -0.39 is 6.10 Å². The molecule has 0 aromatic heterocycles. The van der Waals surface area contributed by atoms with Gasteiger partial charge < -0.3 is 5.11 Å². The number of hydrogen-bond donors (Lipinski definition) is 1. The first-order valence-electron chi connectivity index (χ1n) is 6.70. The number of aliphatic hydroxyl groups excluding tert-OH is 1. The molecule has 1 N–H and O–H groups in total. The fourth-order valence-electron chi connectivity index (χ4n) is 2.57. The van der Waals surface area contributed by atoms with Crippen molar-refractivity contribution in [3.8, 4) is 0 Å². The Morgan fingerprint density at radius 1 is 0.905 bits per heavy atom. The SMILES string of the molecule is Cc1cccc(C(O)c2ccc(F)c3ccccc23)c1I. The molecule has 0 aliphatic heterocycles. The van der Waals surface area contributed by atoms with E-state index in [4.69, 9.17) is 0 Å². The van der Waals surface area contributed by atoms with Gasteiger partial charge in [0.1, 0.15) is 11.9 Å². The van der Waals surface area contributed by atoms with Crippen LogP contribution in [0.1, 0.15) is 22.8 Å². The molecule has 106 valence electrons. The van der Waals surface area contributed by atoms with Gasteiger partial charge in [-0.25, -0.2) is 4.39 Å². The summed E-state index contributed by atoms with van der Waals surface area (Å²) in [5.41, 5.74) is 2.71. The molecule has 0 spiro atoms. The van der Waals surface area contributed by atoms with Crippen molar-refractivity contribution in [2.24, 2.45) is 0 Å². The van der Waals surface area contributed by atoms with Gasteiger partial charge in [0.2, 0.25) is 0 Å². The van der Waals surface area contributed by atoms with E-state index in [1.807, 2.05) is 37.3 Å². The van der Waals surface area contributed by atoms with Gasteiger partial charge in [-0.2, -0.15) is 0 Å². The Bertz CT molecular complexity index is 813. The number of aliphatic hydroxyl groups is 1. The maximum absolute atomic E-state index is 13.9. The van der Waals surface area contributed by atoms with E-state index >= 15 is 0 Å². The van der Waals surface area contributed by atoms with Gasteiger partial charge in [-0.15, -0.1) is 0 Å². The van der Waals surface area contributed by atoms with Gasteiger partial charge in [0, 0.05) is 8.96 Å². The van der Waals surface area contributed by atoms with Crippen molar-refractivity contribution in [1.82, 2.24) is 0 Å². The second-order valence-corrected chi connectivity index (χ2v) is 6.14. The van der Waals surface area contributed by atoms with Gasteiger partial charge in [0.25, 0.3) is 0 Å². The Labute approximate surface area is 136 Å². The van der Waals surface area contributed by atoms with Crippen LogP contribution in [0, 0.1) is 16.3 Å². The van der Waals surface area contributed by atoms with E-state index in [0.29, 0.717) is 5.39 Å². The van der Waals surface area contributed by atoms with Crippen molar-refractivity contribution >= 4 is 33.4 Å². The summed E-state index contributed by atoms with van der Waals surface area (Å²) in [5, 5.41) is 12.0. The summed E-state index contributed by atoms with van der Waals surface area (Å²) in [5.74, 6) is -0.263. The predicted molar refractivity (Wildman–Crippen MR) is 91.9 cm³/mol. The molecular formula is C18H14FIO. The minimum atomic E-state index is -0.762. The van der Waals surface area contributed by atoms with E-state index in [-0.39, 0.29) is 5.82 Å². The highest BCUT2D eigenvalue weighted by Gasteiger charge is 2.18. The number of rotatable bonds is 2. The van der Waals surface area contributed by atoms with Gasteiger partial charge in [0.15, 0.2) is 0 Å². The predicted octanol–water partition coefficient (Wildman–Crippen LogP) is 4.97. The molecule has 0 saturated carbocycles. The Morgan fingerprint density at radius 3 is 2.38 bits per heavy atom. The zero-order valence-electron chi connectivity index (χ0n) is 11.5. The van der Waals surface area contributed by atoms with Crippen LogP contribution in [0.15, 0.2) is 54.6 Å². The molecule has 0 radical (unpaired) electrons. The van der Waals surface area contributed by atoms with E-state index in [1.165, 1.54) is 6.07 Å². The third-order valence-electron chi connectivity index (χ3n) is 3.72. The van der Waals surface area contributed by atoms with Crippen LogP contribution in [-0.2, 0) is 0 Å². The van der Waals surface area contributed by atoms with Crippen molar-refractivity contribution in [3.05, 3.63) is 80.7 Å². The first-order valence-corrected chi connectivity index (χ1v) is 7.77. The van der Waals surface area contributed by atoms with Gasteiger partial charge in [-0.05, 0) is 57.7 Å². The van der Waals surface area contributed by atoms with Crippen LogP contribution in [-0.4, -0.2) is 5.11 Å². The van der Waals surface area contributed by atoms with Crippen LogP contribution in [0.3, 0.4) is 0 Å². The summed E-state index contributed by atoms with van der Waals surface area (Å²) >= 11 is 2.24. The first kappa shape index (κ1) is 14.5. The number of halogens is 2. The molecule has 3 heteroatoms. The molecule has 0 amide bonds. The molecule has 0 bridgehead atoms. The Hall–Kier alpha value is -1.46. The summed E-state index contributed by atoms with van der Waals surface area (Å²) in [4.78, 5) is 0. The maximum Gasteiger partial charge on any atom is 0.131 e. The van der Waals surface area contributed by atoms with Crippen molar-refractivity contribution in [3.63, 3.8) is 0 Å². The van der Waals surface area contributed by atoms with E-state index in [0.717, 1.165) is 25.6 Å². The largest absolute Gasteiger partial charge is 0.384 e. The fourth-order valence-corrected chi connectivity index (χ4v) is 3.23. The lowest BCUT2D eigenvalue weighted by atomic mass is 9.95. The summed E-state index contributed by atoms with van der Waals surface area (Å²) in [6.45, 7) is 2.01. The van der Waals surface area contributed by atoms with Gasteiger partial charge in [-0.1, -0.05) is 48.5 Å². The average Bonchev–Trinajstić information content (AvgIpc) is 2.50. The molecule has 3 aromatic rings. The van der Waals surface area contributed by atoms with Crippen LogP contribution in [0.5, 0.6) is 0 Å². The van der Waals surface area contributed by atoms with E-state index in [9.17, 15) is 9.50 Å². The topological polar surface area (TPSA) is 20.2 Å². The maximum atomic E-state index is 13.9. The van der Waals surface area contributed by atoms with Crippen molar-refractivity contribution in [2.75, 3.05) is 0 Å². The number of benzene rings is 3. The molecular weight excluding hydrogens is 378 g/mol. The Kier molecular flexibility index (Phi) is 3.95. The van der Waals surface area contributed by atoms with E-state index in [2.05, 4.69) is 22.6 Å². The lowest BCUT2D eigenvalue weighted by Gasteiger charge is -2.17. The van der Waals surface area contributed by atoms with Crippen molar-refractivity contribution < 1.29 is 9.50 Å². The first-order chi connectivity index (χ1) is 10.1. The highest BCUT2D eigenvalue weighted by atomic mass is 127. The molecule has 3 rings (SSSR count). The summed E-state index contributed by atoms with van der Waals surface area (Å²) in [7, 11) is 0. The monoisotopic (exact) mass is 392 g/mol. The van der Waals surface area contributed by atoms with Gasteiger partial charge >= 0.3 is 0 Å². The standard InChI is InChI=1S/C18H14FIO/c1-11-5-4-8-15(17(11)20)18(21)14-9-10-16(19)13-7-3-2-6-12(13)14/h2-10,18,21H,1H3. The summed E-state index contributed by atoms with van der Waals surface area (Å²) in [6, 6.07) is 16.2. The molecule has 0 heterocycles. The van der Waals surface area contributed by atoms with Gasteiger partial charge in [-0.3, -0.25) is 0 Å². The summed E-state index contributed by atoms with van der Waals surface area (Å²) < 4.78 is 14.9. The second-order valence-electron chi connectivity index (χ2n) is 5.06. The van der Waals surface area contributed by atoms with Crippen molar-refractivity contribution in [2.45, 2.75) is 13.0 Å². The van der Waals surface area contributed by atoms with Crippen LogP contribution < -0.4 is 0 Å². The zero-order chi connectivity index (χ0) is 15.0. The average molecular weight is 392 g/mol. The van der Waals surface area contributed by atoms with Crippen LogP contribution in [0.25, 0.3) is 10.8 Å². The number of hydrogen-bond acceptors (Lipinski definition) is 1. The van der Waals surface area contributed by atoms with Crippen LogP contribution in [0.4, 0.5) is 4.39 Å². The van der Waals surface area contributed by atoms with Crippen LogP contribution >= 0.6 is 22.6 Å². The Morgan fingerprint density at radius 2 is 1.62 bits per heavy atom.